The van der Waals surface area contributed by atoms with Gasteiger partial charge in [0.1, 0.15) is 0 Å². The van der Waals surface area contributed by atoms with E-state index in [-0.39, 0.29) is 0 Å². The van der Waals surface area contributed by atoms with Crippen LogP contribution in [0.5, 0.6) is 0 Å². The van der Waals surface area contributed by atoms with Crippen molar-refractivity contribution in [3.63, 3.8) is 0 Å². The molecule has 78 valence electrons. The smallest absolute Gasteiger partial charge is 0.253 e. The van der Waals surface area contributed by atoms with E-state index in [1.165, 1.54) is 0 Å². The maximum atomic E-state index is 4.24. The fourth-order valence-corrected chi connectivity index (χ4v) is 1.44. The Balaban J connectivity index is 1.95. The summed E-state index contributed by atoms with van der Waals surface area (Å²) in [6.07, 6.45) is 3.50. The molecule has 1 N–H and O–H groups in total. The Bertz CT molecular complexity index is 569. The Morgan fingerprint density at radius 2 is 1.94 bits per heavy atom. The number of anilines is 2. The van der Waals surface area contributed by atoms with Gasteiger partial charge in [-0.2, -0.15) is 4.98 Å². The van der Waals surface area contributed by atoms with E-state index in [1.54, 1.807) is 10.7 Å². The van der Waals surface area contributed by atoms with Crippen molar-refractivity contribution < 1.29 is 0 Å². The van der Waals surface area contributed by atoms with Gasteiger partial charge in [-0.05, 0) is 18.2 Å². The van der Waals surface area contributed by atoms with Gasteiger partial charge in [-0.1, -0.05) is 18.2 Å². The van der Waals surface area contributed by atoms with Crippen LogP contribution in [0.3, 0.4) is 0 Å². The molecule has 16 heavy (non-hydrogen) atoms. The van der Waals surface area contributed by atoms with Gasteiger partial charge in [-0.15, -0.1) is 5.10 Å². The Labute approximate surface area is 91.8 Å². The largest absolute Gasteiger partial charge is 0.323 e. The first-order valence-corrected chi connectivity index (χ1v) is 4.91. The molecular formula is C11H9N5. The molecule has 3 rings (SSSR count). The molecule has 0 saturated heterocycles. The zero-order valence-electron chi connectivity index (χ0n) is 8.41. The zero-order valence-corrected chi connectivity index (χ0v) is 8.41. The van der Waals surface area contributed by atoms with E-state index in [0.29, 0.717) is 11.7 Å². The Morgan fingerprint density at radius 1 is 1.06 bits per heavy atom. The number of nitrogens with one attached hydrogen (secondary N) is 1. The molecular weight excluding hydrogens is 202 g/mol. The molecule has 0 bridgehead atoms. The summed E-state index contributed by atoms with van der Waals surface area (Å²) in [4.78, 5) is 8.33. The number of hydrogen-bond acceptors (Lipinski definition) is 4. The third kappa shape index (κ3) is 1.58. The lowest BCUT2D eigenvalue weighted by Gasteiger charge is -1.98. The predicted octanol–water partition coefficient (Wildman–Crippen LogP) is 1.87. The van der Waals surface area contributed by atoms with Crippen molar-refractivity contribution in [3.05, 3.63) is 48.8 Å². The summed E-state index contributed by atoms with van der Waals surface area (Å²) >= 11 is 0. The first-order chi connectivity index (χ1) is 7.92. The normalized spacial score (nSPS) is 10.5. The van der Waals surface area contributed by atoms with Gasteiger partial charge in [0.05, 0.1) is 0 Å². The zero-order chi connectivity index (χ0) is 10.8. The fraction of sp³-hybridized carbons (Fsp3) is 0. The van der Waals surface area contributed by atoms with Crippen LogP contribution in [0, 0.1) is 0 Å². The highest BCUT2D eigenvalue weighted by molar-refractivity contribution is 5.53. The summed E-state index contributed by atoms with van der Waals surface area (Å²) in [5.74, 6) is 1.13. The van der Waals surface area contributed by atoms with Crippen LogP contribution in [-0.4, -0.2) is 19.6 Å². The van der Waals surface area contributed by atoms with Gasteiger partial charge < -0.3 is 5.32 Å². The highest BCUT2D eigenvalue weighted by Gasteiger charge is 2.02. The van der Waals surface area contributed by atoms with Gasteiger partial charge in [0.2, 0.25) is 5.95 Å². The molecule has 0 amide bonds. The number of benzene rings is 1. The van der Waals surface area contributed by atoms with Gasteiger partial charge in [-0.25, -0.2) is 9.50 Å². The lowest BCUT2D eigenvalue weighted by atomic mass is 10.3. The molecule has 0 atom stereocenters. The van der Waals surface area contributed by atoms with Crippen molar-refractivity contribution in [1.82, 2.24) is 19.6 Å². The van der Waals surface area contributed by atoms with Crippen LogP contribution in [-0.2, 0) is 0 Å². The second kappa shape index (κ2) is 3.62. The molecule has 0 aliphatic carbocycles. The van der Waals surface area contributed by atoms with E-state index < -0.39 is 0 Å². The maximum absolute atomic E-state index is 4.24. The second-order valence-corrected chi connectivity index (χ2v) is 3.29. The van der Waals surface area contributed by atoms with Gasteiger partial charge in [0, 0.05) is 18.1 Å². The van der Waals surface area contributed by atoms with E-state index in [1.807, 2.05) is 42.6 Å². The van der Waals surface area contributed by atoms with Crippen molar-refractivity contribution in [2.45, 2.75) is 0 Å². The lowest BCUT2D eigenvalue weighted by molar-refractivity contribution is 0.942. The van der Waals surface area contributed by atoms with Crippen LogP contribution >= 0.6 is 0 Å². The van der Waals surface area contributed by atoms with E-state index in [9.17, 15) is 0 Å². The number of hydrogen-bond donors (Lipinski definition) is 1. The van der Waals surface area contributed by atoms with Crippen LogP contribution in [0.1, 0.15) is 0 Å². The molecule has 1 aromatic carbocycles. The molecule has 5 heteroatoms. The van der Waals surface area contributed by atoms with Crippen LogP contribution in [0.15, 0.2) is 48.8 Å². The lowest BCUT2D eigenvalue weighted by Crippen LogP contribution is -1.92. The minimum absolute atomic E-state index is 0.546. The Kier molecular flexibility index (Phi) is 2.00. The summed E-state index contributed by atoms with van der Waals surface area (Å²) in [6.45, 7) is 0. The fourth-order valence-electron chi connectivity index (χ4n) is 1.44. The summed E-state index contributed by atoms with van der Waals surface area (Å²) in [5, 5.41) is 7.35. The topological polar surface area (TPSA) is 55.1 Å². The van der Waals surface area contributed by atoms with Crippen LogP contribution in [0.2, 0.25) is 0 Å². The van der Waals surface area contributed by atoms with Crippen molar-refractivity contribution in [2.75, 3.05) is 5.32 Å². The molecule has 2 aromatic heterocycles. The van der Waals surface area contributed by atoms with Crippen molar-refractivity contribution in [3.8, 4) is 0 Å². The van der Waals surface area contributed by atoms with Gasteiger partial charge in [0.25, 0.3) is 5.78 Å². The van der Waals surface area contributed by atoms with Gasteiger partial charge in [-0.3, -0.25) is 0 Å². The Morgan fingerprint density at radius 3 is 2.75 bits per heavy atom. The minimum atomic E-state index is 0.546. The SMILES string of the molecule is c1ccc(Nc2nc3ncccn3n2)cc1. The summed E-state index contributed by atoms with van der Waals surface area (Å²) in [6, 6.07) is 11.6. The summed E-state index contributed by atoms with van der Waals surface area (Å²) in [5.41, 5.74) is 0.957. The maximum Gasteiger partial charge on any atom is 0.253 e. The van der Waals surface area contributed by atoms with E-state index in [2.05, 4.69) is 20.4 Å². The molecule has 0 saturated carbocycles. The number of para-hydroxylation sites is 1. The summed E-state index contributed by atoms with van der Waals surface area (Å²) < 4.78 is 1.63. The molecule has 0 fully saturated rings. The molecule has 0 unspecified atom stereocenters. The number of fused-ring (bicyclic) bond motifs is 1. The van der Waals surface area contributed by atoms with E-state index >= 15 is 0 Å². The third-order valence-electron chi connectivity index (χ3n) is 2.15. The highest BCUT2D eigenvalue weighted by Crippen LogP contribution is 2.11. The first-order valence-electron chi connectivity index (χ1n) is 4.91. The number of rotatable bonds is 2. The van der Waals surface area contributed by atoms with E-state index in [4.69, 9.17) is 0 Å². The number of aromatic nitrogens is 4. The molecule has 0 aliphatic heterocycles. The average molecular weight is 211 g/mol. The van der Waals surface area contributed by atoms with Crippen molar-refractivity contribution in [2.24, 2.45) is 0 Å². The highest BCUT2D eigenvalue weighted by atomic mass is 15.4. The summed E-state index contributed by atoms with van der Waals surface area (Å²) in [7, 11) is 0. The van der Waals surface area contributed by atoms with Gasteiger partial charge >= 0.3 is 0 Å². The quantitative estimate of drug-likeness (QED) is 0.703. The predicted molar refractivity (Wildman–Crippen MR) is 60.5 cm³/mol. The van der Waals surface area contributed by atoms with Crippen LogP contribution in [0.25, 0.3) is 5.78 Å². The minimum Gasteiger partial charge on any atom is -0.323 e. The van der Waals surface area contributed by atoms with Crippen molar-refractivity contribution in [1.29, 1.82) is 0 Å². The number of nitrogens with zero attached hydrogens (tertiary/aromatic N) is 4. The third-order valence-corrected chi connectivity index (χ3v) is 2.15. The average Bonchev–Trinajstić information content (AvgIpc) is 2.72. The molecule has 0 radical (unpaired) electrons. The second-order valence-electron chi connectivity index (χ2n) is 3.29. The van der Waals surface area contributed by atoms with Gasteiger partial charge in [0.15, 0.2) is 0 Å². The van der Waals surface area contributed by atoms with Crippen LogP contribution in [0.4, 0.5) is 11.6 Å². The van der Waals surface area contributed by atoms with Crippen LogP contribution < -0.4 is 5.32 Å². The molecule has 5 nitrogen and oxygen atoms in total. The Hall–Kier alpha value is -2.43. The molecule has 0 aliphatic rings. The monoisotopic (exact) mass is 211 g/mol. The van der Waals surface area contributed by atoms with Crippen molar-refractivity contribution >= 4 is 17.4 Å². The molecule has 2 heterocycles. The molecule has 3 aromatic rings. The first kappa shape index (κ1) is 8.84. The standard InChI is InChI=1S/C11H9N5/c1-2-5-9(6-3-1)13-10-14-11-12-7-4-8-16(11)15-10/h1-8H,(H,13,15). The van der Waals surface area contributed by atoms with E-state index in [0.717, 1.165) is 5.69 Å². The molecule has 0 spiro atoms.